The van der Waals surface area contributed by atoms with Crippen LogP contribution in [0.5, 0.6) is 0 Å². The van der Waals surface area contributed by atoms with Gasteiger partial charge in [0.25, 0.3) is 0 Å². The van der Waals surface area contributed by atoms with E-state index >= 15 is 0 Å². The maximum Gasteiger partial charge on any atom is 0.306 e. The van der Waals surface area contributed by atoms with E-state index in [1.54, 1.807) is 0 Å². The van der Waals surface area contributed by atoms with Gasteiger partial charge in [0.1, 0.15) is 6.54 Å². The molecule has 5 heteroatoms. The number of aliphatic carboxylic acids is 1. The number of unbranched alkanes of at least 4 members (excludes halogenated alkanes) is 9. The molecule has 0 aromatic carbocycles. The van der Waals surface area contributed by atoms with Crippen molar-refractivity contribution >= 4 is 11.9 Å². The maximum absolute atomic E-state index is 12.1. The number of likely N-dealkylation sites (N-methyl/N-ethyl adjacent to an activating group) is 1. The molecule has 196 valence electrons. The van der Waals surface area contributed by atoms with Crippen LogP contribution in [0.3, 0.4) is 0 Å². The molecule has 5 nitrogen and oxygen atoms in total. The van der Waals surface area contributed by atoms with Crippen LogP contribution in [0.1, 0.15) is 103 Å². The Morgan fingerprint density at radius 1 is 0.765 bits per heavy atom. The minimum absolute atomic E-state index is 0.244. The number of carboxylic acids is 1. The second kappa shape index (κ2) is 21.6. The van der Waals surface area contributed by atoms with E-state index in [-0.39, 0.29) is 12.4 Å². The summed E-state index contributed by atoms with van der Waals surface area (Å²) in [4.78, 5) is 23.0. The smallest absolute Gasteiger partial charge is 0.306 e. The molecule has 0 amide bonds. The molecule has 0 bridgehead atoms. The average Bonchev–Trinajstić information content (AvgIpc) is 2.73. The zero-order valence-corrected chi connectivity index (χ0v) is 22.4. The molecule has 1 atom stereocenters. The van der Waals surface area contributed by atoms with Crippen molar-refractivity contribution in [3.8, 4) is 0 Å². The Hall–Kier alpha value is -1.88. The lowest BCUT2D eigenvalue weighted by Crippen LogP contribution is -2.45. The van der Waals surface area contributed by atoms with Gasteiger partial charge in [0.2, 0.25) is 0 Å². The van der Waals surface area contributed by atoms with Crippen LogP contribution in [0, 0.1) is 0 Å². The van der Waals surface area contributed by atoms with Crippen LogP contribution in [0.2, 0.25) is 0 Å². The average molecular weight is 478 g/mol. The van der Waals surface area contributed by atoms with Crippen LogP contribution in [0.25, 0.3) is 0 Å². The summed E-state index contributed by atoms with van der Waals surface area (Å²) in [5, 5.41) is 10.9. The molecule has 34 heavy (non-hydrogen) atoms. The van der Waals surface area contributed by atoms with Gasteiger partial charge >= 0.3 is 5.97 Å². The summed E-state index contributed by atoms with van der Waals surface area (Å²) in [7, 11) is 5.84. The Labute approximate surface area is 209 Å². The van der Waals surface area contributed by atoms with Crippen molar-refractivity contribution in [1.29, 1.82) is 0 Å². The Morgan fingerprint density at radius 2 is 1.26 bits per heavy atom. The molecule has 0 aliphatic rings. The quantitative estimate of drug-likeness (QED) is 0.0843. The van der Waals surface area contributed by atoms with Crippen molar-refractivity contribution in [3.05, 3.63) is 36.5 Å². The summed E-state index contributed by atoms with van der Waals surface area (Å²) in [5.41, 5.74) is 0. The third-order valence-corrected chi connectivity index (χ3v) is 5.48. The van der Waals surface area contributed by atoms with E-state index in [1.165, 1.54) is 44.9 Å². The molecule has 0 saturated carbocycles. The first-order valence-electron chi connectivity index (χ1n) is 13.4. The van der Waals surface area contributed by atoms with Crippen LogP contribution in [-0.2, 0) is 14.3 Å². The largest absolute Gasteiger partial charge is 0.550 e. The van der Waals surface area contributed by atoms with Gasteiger partial charge < -0.3 is 19.1 Å². The van der Waals surface area contributed by atoms with E-state index in [2.05, 4.69) is 43.4 Å². The Kier molecular flexibility index (Phi) is 20.4. The van der Waals surface area contributed by atoms with E-state index in [0.29, 0.717) is 17.4 Å². The van der Waals surface area contributed by atoms with E-state index in [9.17, 15) is 14.7 Å². The van der Waals surface area contributed by atoms with E-state index < -0.39 is 12.1 Å². The van der Waals surface area contributed by atoms with Crippen LogP contribution in [0.15, 0.2) is 36.5 Å². The topological polar surface area (TPSA) is 66.4 Å². The molecule has 0 aliphatic carbocycles. The van der Waals surface area contributed by atoms with Crippen molar-refractivity contribution in [1.82, 2.24) is 0 Å². The highest BCUT2D eigenvalue weighted by Gasteiger charge is 2.22. The molecular weight excluding hydrogens is 426 g/mol. The van der Waals surface area contributed by atoms with Gasteiger partial charge in [-0.1, -0.05) is 88.3 Å². The SMILES string of the molecule is CC/C=C/C/C=C/C/C=C/CCCCCCCCCCCC(=O)OC(CC(=O)[O-])C[N+](C)(C)C. The number of hydrogen-bond donors (Lipinski definition) is 0. The minimum Gasteiger partial charge on any atom is -0.550 e. The minimum atomic E-state index is -1.18. The highest BCUT2D eigenvalue weighted by Crippen LogP contribution is 2.13. The summed E-state index contributed by atoms with van der Waals surface area (Å²) in [6.45, 7) is 2.62. The van der Waals surface area contributed by atoms with Crippen molar-refractivity contribution in [2.75, 3.05) is 27.7 Å². The van der Waals surface area contributed by atoms with Crippen LogP contribution in [0.4, 0.5) is 0 Å². The normalized spacial score (nSPS) is 13.3. The number of quaternary nitrogens is 1. The number of allylic oxidation sites excluding steroid dienone is 6. The van der Waals surface area contributed by atoms with Gasteiger partial charge in [0.05, 0.1) is 21.1 Å². The summed E-state index contributed by atoms with van der Waals surface area (Å²) in [5.74, 6) is -1.48. The molecule has 0 aromatic heterocycles. The first kappa shape index (κ1) is 32.1. The number of esters is 1. The highest BCUT2D eigenvalue weighted by atomic mass is 16.5. The van der Waals surface area contributed by atoms with Gasteiger partial charge in [-0.2, -0.15) is 0 Å². The fraction of sp³-hybridized carbons (Fsp3) is 0.724. The summed E-state index contributed by atoms with van der Waals surface area (Å²) in [6, 6.07) is 0. The van der Waals surface area contributed by atoms with Gasteiger partial charge in [-0.05, 0) is 38.5 Å². The number of carboxylic acid groups (broad SMARTS) is 1. The van der Waals surface area contributed by atoms with Crippen LogP contribution < -0.4 is 5.11 Å². The van der Waals surface area contributed by atoms with E-state index in [4.69, 9.17) is 4.74 Å². The number of rotatable bonds is 22. The van der Waals surface area contributed by atoms with Crippen molar-refractivity contribution in [2.24, 2.45) is 0 Å². The molecule has 0 heterocycles. The molecule has 0 rings (SSSR count). The zero-order valence-electron chi connectivity index (χ0n) is 22.4. The van der Waals surface area contributed by atoms with Gasteiger partial charge in [-0.15, -0.1) is 0 Å². The molecule has 0 radical (unpaired) electrons. The number of carbonyl (C=O) groups is 2. The second-order valence-electron chi connectivity index (χ2n) is 10.2. The summed E-state index contributed by atoms with van der Waals surface area (Å²) < 4.78 is 5.93. The lowest BCUT2D eigenvalue weighted by atomic mass is 10.1. The van der Waals surface area contributed by atoms with Gasteiger partial charge in [-0.25, -0.2) is 0 Å². The van der Waals surface area contributed by atoms with Crippen LogP contribution in [-0.4, -0.2) is 50.2 Å². The van der Waals surface area contributed by atoms with Gasteiger partial charge in [0.15, 0.2) is 6.10 Å². The zero-order chi connectivity index (χ0) is 25.5. The third kappa shape index (κ3) is 24.8. The molecule has 0 spiro atoms. The summed E-state index contributed by atoms with van der Waals surface area (Å²) >= 11 is 0. The Bertz CT molecular complexity index is 602. The van der Waals surface area contributed by atoms with Crippen molar-refractivity contribution in [2.45, 2.75) is 109 Å². The van der Waals surface area contributed by atoms with Crippen molar-refractivity contribution in [3.63, 3.8) is 0 Å². The fourth-order valence-corrected chi connectivity index (χ4v) is 3.78. The standard InChI is InChI=1S/C29H51NO4/c1-5-6-7-8-9-10-11-12-13-14-15-16-17-18-19-20-21-22-23-24-29(33)34-27(25-28(31)32)26-30(2,3)4/h6-7,9-10,12-13,27H,5,8,11,14-26H2,1-4H3/b7-6+,10-9+,13-12+. The molecule has 0 fully saturated rings. The first-order chi connectivity index (χ1) is 16.2. The molecule has 0 aliphatic heterocycles. The van der Waals surface area contributed by atoms with E-state index in [1.807, 2.05) is 21.1 Å². The number of ether oxygens (including phenoxy) is 1. The monoisotopic (exact) mass is 477 g/mol. The maximum atomic E-state index is 12.1. The lowest BCUT2D eigenvalue weighted by molar-refractivity contribution is -0.873. The Morgan fingerprint density at radius 3 is 1.79 bits per heavy atom. The fourth-order valence-electron chi connectivity index (χ4n) is 3.78. The third-order valence-electron chi connectivity index (χ3n) is 5.48. The lowest BCUT2D eigenvalue weighted by Gasteiger charge is -2.29. The number of hydrogen-bond acceptors (Lipinski definition) is 4. The predicted octanol–water partition coefficient (Wildman–Crippen LogP) is 5.89. The molecule has 0 aromatic rings. The predicted molar refractivity (Wildman–Crippen MR) is 140 cm³/mol. The van der Waals surface area contributed by atoms with Gasteiger partial charge in [-0.3, -0.25) is 4.79 Å². The first-order valence-corrected chi connectivity index (χ1v) is 13.4. The summed E-state index contributed by atoms with van der Waals surface area (Å²) in [6.07, 6.45) is 27.9. The number of carbonyl (C=O) groups excluding carboxylic acids is 2. The second-order valence-corrected chi connectivity index (χ2v) is 10.2. The van der Waals surface area contributed by atoms with Crippen LogP contribution >= 0.6 is 0 Å². The van der Waals surface area contributed by atoms with Crippen molar-refractivity contribution < 1.29 is 23.9 Å². The molecule has 1 unspecified atom stereocenters. The molecular formula is C29H51NO4. The molecule has 0 N–H and O–H groups in total. The Balaban J connectivity index is 3.59. The van der Waals surface area contributed by atoms with E-state index in [0.717, 1.165) is 38.5 Å². The molecule has 0 saturated heterocycles. The highest BCUT2D eigenvalue weighted by molar-refractivity contribution is 5.70. The van der Waals surface area contributed by atoms with Gasteiger partial charge in [0, 0.05) is 18.8 Å². The number of nitrogens with zero attached hydrogens (tertiary/aromatic N) is 1.